The Morgan fingerprint density at radius 2 is 2.16 bits per heavy atom. The third-order valence-electron chi connectivity index (χ3n) is 2.82. The molecule has 0 saturated carbocycles. The largest absolute Gasteiger partial charge is 0.393 e. The molecule has 2 atom stereocenters. The molecule has 0 bridgehead atoms. The zero-order valence-electron chi connectivity index (χ0n) is 10.3. The van der Waals surface area contributed by atoms with E-state index in [1.54, 1.807) is 23.8 Å². The van der Waals surface area contributed by atoms with Crippen molar-refractivity contribution in [3.05, 3.63) is 18.6 Å². The summed E-state index contributed by atoms with van der Waals surface area (Å²) in [6.07, 6.45) is -0.351. The fourth-order valence-electron chi connectivity index (χ4n) is 1.81. The number of nitrogens with two attached hydrogens (primary N) is 1. The van der Waals surface area contributed by atoms with Gasteiger partial charge in [-0.1, -0.05) is 0 Å². The summed E-state index contributed by atoms with van der Waals surface area (Å²) in [7, 11) is 0. The smallest absolute Gasteiger partial charge is 0.180 e. The van der Waals surface area contributed by atoms with Crippen molar-refractivity contribution in [2.45, 2.75) is 25.5 Å². The van der Waals surface area contributed by atoms with Crippen LogP contribution in [-0.2, 0) is 4.74 Å². The van der Waals surface area contributed by atoms with Crippen LogP contribution in [0.3, 0.4) is 0 Å². The maximum absolute atomic E-state index is 9.03. The lowest BCUT2D eigenvalue weighted by Gasteiger charge is -2.23. The van der Waals surface area contributed by atoms with Gasteiger partial charge in [0.25, 0.3) is 0 Å². The van der Waals surface area contributed by atoms with Gasteiger partial charge in [-0.25, -0.2) is 9.97 Å². The van der Waals surface area contributed by atoms with E-state index in [4.69, 9.17) is 25.8 Å². The van der Waals surface area contributed by atoms with Crippen molar-refractivity contribution in [1.29, 1.82) is 0 Å². The molecular formula is C11H16N4O4. The van der Waals surface area contributed by atoms with Gasteiger partial charge in [0.15, 0.2) is 6.29 Å². The highest BCUT2D eigenvalue weighted by molar-refractivity contribution is 5.85. The Balaban J connectivity index is 2.27. The van der Waals surface area contributed by atoms with Gasteiger partial charge < -0.3 is 30.4 Å². The maximum Gasteiger partial charge on any atom is 0.180 e. The molecule has 0 saturated heterocycles. The fraction of sp³-hybridized carbons (Fsp3) is 0.455. The molecule has 19 heavy (non-hydrogen) atoms. The number of rotatable bonds is 5. The van der Waals surface area contributed by atoms with Crippen molar-refractivity contribution in [2.75, 3.05) is 12.3 Å². The zero-order chi connectivity index (χ0) is 14.0. The molecule has 0 amide bonds. The molecule has 0 aromatic carbocycles. The Labute approximate surface area is 109 Å². The fourth-order valence-corrected chi connectivity index (χ4v) is 1.81. The first-order chi connectivity index (χ1) is 9.04. The predicted molar refractivity (Wildman–Crippen MR) is 66.8 cm³/mol. The van der Waals surface area contributed by atoms with Gasteiger partial charge in [-0.3, -0.25) is 0 Å². The van der Waals surface area contributed by atoms with Gasteiger partial charge in [0.2, 0.25) is 0 Å². The van der Waals surface area contributed by atoms with E-state index in [-0.39, 0.29) is 0 Å². The number of nitrogen functional groups attached to an aromatic ring is 1. The van der Waals surface area contributed by atoms with E-state index in [0.717, 1.165) is 0 Å². The van der Waals surface area contributed by atoms with Crippen molar-refractivity contribution < 1.29 is 20.1 Å². The Kier molecular flexibility index (Phi) is 3.96. The summed E-state index contributed by atoms with van der Waals surface area (Å²) in [4.78, 5) is 7.98. The molecule has 0 unspecified atom stereocenters. The summed E-state index contributed by atoms with van der Waals surface area (Å²) in [5, 5.41) is 27.7. The zero-order valence-corrected chi connectivity index (χ0v) is 10.3. The van der Waals surface area contributed by atoms with Crippen molar-refractivity contribution in [3.63, 3.8) is 0 Å². The molecule has 8 nitrogen and oxygen atoms in total. The van der Waals surface area contributed by atoms with E-state index in [0.29, 0.717) is 16.9 Å². The first kappa shape index (κ1) is 13.7. The molecule has 2 aromatic rings. The van der Waals surface area contributed by atoms with Crippen LogP contribution in [0.2, 0.25) is 0 Å². The summed E-state index contributed by atoms with van der Waals surface area (Å²) in [6.45, 7) is 1.20. The number of hydrogen-bond donors (Lipinski definition) is 4. The van der Waals surface area contributed by atoms with E-state index in [1.807, 2.05) is 0 Å². The van der Waals surface area contributed by atoms with Crippen molar-refractivity contribution in [3.8, 4) is 0 Å². The SMILES string of the molecule is C[C@@H](O[C@H](CO)C(O)O)n1ccc2c(N)ncnc21. The molecule has 5 N–H and O–H groups in total. The number of aromatic nitrogens is 3. The second kappa shape index (κ2) is 5.49. The molecule has 0 spiro atoms. The van der Waals surface area contributed by atoms with E-state index >= 15 is 0 Å². The van der Waals surface area contributed by atoms with Crippen LogP contribution in [0.4, 0.5) is 5.82 Å². The number of hydrogen-bond acceptors (Lipinski definition) is 7. The van der Waals surface area contributed by atoms with Gasteiger partial charge in [-0.05, 0) is 13.0 Å². The first-order valence-corrected chi connectivity index (χ1v) is 5.74. The van der Waals surface area contributed by atoms with Gasteiger partial charge >= 0.3 is 0 Å². The van der Waals surface area contributed by atoms with Crippen LogP contribution in [0.15, 0.2) is 18.6 Å². The lowest BCUT2D eigenvalue weighted by Crippen LogP contribution is -2.34. The Bertz CT molecular complexity index is 557. The number of aliphatic hydroxyl groups is 3. The normalized spacial score (nSPS) is 15.0. The molecule has 2 heterocycles. The second-order valence-corrected chi connectivity index (χ2v) is 4.09. The topological polar surface area (TPSA) is 127 Å². The summed E-state index contributed by atoms with van der Waals surface area (Å²) in [5.74, 6) is 0.358. The summed E-state index contributed by atoms with van der Waals surface area (Å²) >= 11 is 0. The quantitative estimate of drug-likeness (QED) is 0.524. The summed E-state index contributed by atoms with van der Waals surface area (Å²) in [6, 6.07) is 1.74. The molecule has 0 aliphatic carbocycles. The number of ether oxygens (including phenoxy) is 1. The Hall–Kier alpha value is -1.74. The number of anilines is 1. The minimum Gasteiger partial charge on any atom is -0.393 e. The highest BCUT2D eigenvalue weighted by atomic mass is 16.6. The van der Waals surface area contributed by atoms with E-state index in [9.17, 15) is 0 Å². The highest BCUT2D eigenvalue weighted by Gasteiger charge is 2.21. The van der Waals surface area contributed by atoms with Gasteiger partial charge in [-0.2, -0.15) is 0 Å². The molecule has 0 fully saturated rings. The maximum atomic E-state index is 9.03. The van der Waals surface area contributed by atoms with E-state index < -0.39 is 25.2 Å². The number of aliphatic hydroxyl groups excluding tert-OH is 2. The molecule has 104 valence electrons. The Morgan fingerprint density at radius 1 is 1.42 bits per heavy atom. The number of nitrogens with zero attached hydrogens (tertiary/aromatic N) is 3. The minimum absolute atomic E-state index is 0.358. The van der Waals surface area contributed by atoms with E-state index in [1.165, 1.54) is 6.33 Å². The van der Waals surface area contributed by atoms with Gasteiger partial charge in [0.05, 0.1) is 12.0 Å². The molecule has 2 aromatic heterocycles. The lowest BCUT2D eigenvalue weighted by molar-refractivity contribution is -0.186. The van der Waals surface area contributed by atoms with Crippen LogP contribution in [0.5, 0.6) is 0 Å². The first-order valence-electron chi connectivity index (χ1n) is 5.74. The minimum atomic E-state index is -1.76. The summed E-state index contributed by atoms with van der Waals surface area (Å²) < 4.78 is 7.03. The second-order valence-electron chi connectivity index (χ2n) is 4.09. The molecule has 2 rings (SSSR count). The molecular weight excluding hydrogens is 252 g/mol. The predicted octanol–water partition coefficient (Wildman–Crippen LogP) is -0.780. The van der Waals surface area contributed by atoms with Crippen LogP contribution in [0.1, 0.15) is 13.2 Å². The van der Waals surface area contributed by atoms with Gasteiger partial charge in [-0.15, -0.1) is 0 Å². The third-order valence-corrected chi connectivity index (χ3v) is 2.82. The third kappa shape index (κ3) is 2.66. The van der Waals surface area contributed by atoms with Crippen LogP contribution >= 0.6 is 0 Å². The van der Waals surface area contributed by atoms with Crippen molar-refractivity contribution >= 4 is 16.9 Å². The Morgan fingerprint density at radius 3 is 2.79 bits per heavy atom. The van der Waals surface area contributed by atoms with Crippen LogP contribution < -0.4 is 5.73 Å². The number of fused-ring (bicyclic) bond motifs is 1. The van der Waals surface area contributed by atoms with E-state index in [2.05, 4.69) is 9.97 Å². The molecule has 0 radical (unpaired) electrons. The average Bonchev–Trinajstić information content (AvgIpc) is 2.80. The van der Waals surface area contributed by atoms with Gasteiger partial charge in [0, 0.05) is 6.20 Å². The van der Waals surface area contributed by atoms with Crippen LogP contribution in [-0.4, -0.2) is 48.9 Å². The summed E-state index contributed by atoms with van der Waals surface area (Å²) in [5.41, 5.74) is 6.29. The molecule has 0 aliphatic rings. The molecule has 0 aliphatic heterocycles. The van der Waals surface area contributed by atoms with Crippen LogP contribution in [0.25, 0.3) is 11.0 Å². The van der Waals surface area contributed by atoms with Crippen molar-refractivity contribution in [1.82, 2.24) is 14.5 Å². The standard InChI is InChI=1S/C11H16N4O4/c1-6(19-8(4-16)11(17)18)15-3-2-7-9(12)13-5-14-10(7)15/h2-3,5-6,8,11,16-18H,4H2,1H3,(H2,12,13,14)/t6-,8-/m1/s1. The highest BCUT2D eigenvalue weighted by Crippen LogP contribution is 2.22. The van der Waals surface area contributed by atoms with Crippen molar-refractivity contribution in [2.24, 2.45) is 0 Å². The molecule has 8 heteroatoms. The average molecular weight is 268 g/mol. The lowest BCUT2D eigenvalue weighted by atomic mass is 10.3. The monoisotopic (exact) mass is 268 g/mol. The van der Waals surface area contributed by atoms with Gasteiger partial charge in [0.1, 0.15) is 30.1 Å². The van der Waals surface area contributed by atoms with Crippen LogP contribution in [0, 0.1) is 0 Å².